The van der Waals surface area contributed by atoms with E-state index in [1.54, 1.807) is 0 Å². The molecule has 88 valence electrons. The largest absolute Gasteiger partial charge is 0.372 e. The van der Waals surface area contributed by atoms with Gasteiger partial charge in [0.2, 0.25) is 0 Å². The van der Waals surface area contributed by atoms with E-state index < -0.39 is 0 Å². The Morgan fingerprint density at radius 1 is 1.25 bits per heavy atom. The number of ether oxygens (including phenoxy) is 1. The lowest BCUT2D eigenvalue weighted by atomic mass is 10.1. The van der Waals surface area contributed by atoms with Crippen molar-refractivity contribution < 1.29 is 4.74 Å². The highest BCUT2D eigenvalue weighted by molar-refractivity contribution is 6.30. The Kier molecular flexibility index (Phi) is 3.41. The molecule has 0 aliphatic carbocycles. The van der Waals surface area contributed by atoms with Crippen LogP contribution in [0, 0.1) is 6.92 Å². The number of hydrogen-bond donors (Lipinski definition) is 0. The maximum Gasteiger partial charge on any atom is 0.0726 e. The normalized spacial score (nSPS) is 25.9. The minimum atomic E-state index is 0.291. The molecule has 3 heteroatoms. The predicted octanol–water partition coefficient (Wildman–Crippen LogP) is 3.26. The molecule has 1 fully saturated rings. The summed E-state index contributed by atoms with van der Waals surface area (Å²) in [6.07, 6.45) is 0.581. The number of aryl methyl sites for hydroxylation is 1. The van der Waals surface area contributed by atoms with Gasteiger partial charge in [0.25, 0.3) is 0 Å². The fourth-order valence-electron chi connectivity index (χ4n) is 2.35. The topological polar surface area (TPSA) is 12.5 Å². The zero-order valence-electron chi connectivity index (χ0n) is 10.0. The van der Waals surface area contributed by atoms with E-state index in [0.717, 1.165) is 18.1 Å². The van der Waals surface area contributed by atoms with Crippen molar-refractivity contribution in [3.05, 3.63) is 28.8 Å². The van der Waals surface area contributed by atoms with Gasteiger partial charge in [-0.05, 0) is 44.5 Å². The number of anilines is 1. The molecule has 2 unspecified atom stereocenters. The minimum absolute atomic E-state index is 0.291. The Hall–Kier alpha value is -0.730. The van der Waals surface area contributed by atoms with Gasteiger partial charge in [0.15, 0.2) is 0 Å². The van der Waals surface area contributed by atoms with E-state index in [0.29, 0.717) is 12.2 Å². The molecule has 0 spiro atoms. The molecule has 2 atom stereocenters. The maximum absolute atomic E-state index is 5.97. The summed E-state index contributed by atoms with van der Waals surface area (Å²) < 4.78 is 5.73. The van der Waals surface area contributed by atoms with Gasteiger partial charge in [-0.15, -0.1) is 0 Å². The van der Waals surface area contributed by atoms with Crippen LogP contribution in [0.5, 0.6) is 0 Å². The van der Waals surface area contributed by atoms with Gasteiger partial charge < -0.3 is 9.64 Å². The van der Waals surface area contributed by atoms with Crippen LogP contribution in [0.4, 0.5) is 5.69 Å². The number of morpholine rings is 1. The van der Waals surface area contributed by atoms with E-state index in [4.69, 9.17) is 16.3 Å². The standard InChI is InChI=1S/C13H18ClNO/c1-9-6-12(14)4-5-13(9)15-7-10(2)16-11(3)8-15/h4-6,10-11H,7-8H2,1-3H3. The second kappa shape index (κ2) is 4.64. The van der Waals surface area contributed by atoms with E-state index >= 15 is 0 Å². The zero-order valence-corrected chi connectivity index (χ0v) is 10.8. The van der Waals surface area contributed by atoms with Gasteiger partial charge in [0.05, 0.1) is 12.2 Å². The SMILES string of the molecule is Cc1cc(Cl)ccc1N1CC(C)OC(C)C1. The molecule has 1 saturated heterocycles. The molecule has 0 aromatic heterocycles. The average Bonchev–Trinajstić information content (AvgIpc) is 2.15. The quantitative estimate of drug-likeness (QED) is 0.746. The summed E-state index contributed by atoms with van der Waals surface area (Å²) in [5.74, 6) is 0. The van der Waals surface area contributed by atoms with Crippen molar-refractivity contribution >= 4 is 17.3 Å². The first-order valence-corrected chi connectivity index (χ1v) is 6.10. The van der Waals surface area contributed by atoms with E-state index in [-0.39, 0.29) is 0 Å². The molecule has 0 saturated carbocycles. The molecule has 1 aromatic carbocycles. The van der Waals surface area contributed by atoms with Crippen LogP contribution in [0.15, 0.2) is 18.2 Å². The lowest BCUT2D eigenvalue weighted by molar-refractivity contribution is -0.00524. The monoisotopic (exact) mass is 239 g/mol. The molecule has 0 amide bonds. The highest BCUT2D eigenvalue weighted by Gasteiger charge is 2.23. The number of hydrogen-bond acceptors (Lipinski definition) is 2. The first-order chi connectivity index (χ1) is 7.56. The Balaban J connectivity index is 2.23. The third-order valence-electron chi connectivity index (χ3n) is 2.92. The van der Waals surface area contributed by atoms with Gasteiger partial charge >= 0.3 is 0 Å². The molecular weight excluding hydrogens is 222 g/mol. The number of halogens is 1. The smallest absolute Gasteiger partial charge is 0.0726 e. The van der Waals surface area contributed by atoms with Crippen molar-refractivity contribution in [2.45, 2.75) is 33.0 Å². The van der Waals surface area contributed by atoms with Crippen LogP contribution in [0.2, 0.25) is 5.02 Å². The molecule has 1 aromatic rings. The van der Waals surface area contributed by atoms with Crippen molar-refractivity contribution in [2.24, 2.45) is 0 Å². The van der Waals surface area contributed by atoms with E-state index in [1.807, 2.05) is 12.1 Å². The van der Waals surface area contributed by atoms with E-state index in [2.05, 4.69) is 31.7 Å². The summed E-state index contributed by atoms with van der Waals surface area (Å²) >= 11 is 5.97. The highest BCUT2D eigenvalue weighted by Crippen LogP contribution is 2.26. The van der Waals surface area contributed by atoms with Gasteiger partial charge in [-0.2, -0.15) is 0 Å². The first-order valence-electron chi connectivity index (χ1n) is 5.73. The molecule has 2 rings (SSSR count). The number of benzene rings is 1. The van der Waals surface area contributed by atoms with Gasteiger partial charge in [0, 0.05) is 23.8 Å². The van der Waals surface area contributed by atoms with Crippen molar-refractivity contribution in [1.82, 2.24) is 0 Å². The molecule has 1 heterocycles. The van der Waals surface area contributed by atoms with Gasteiger partial charge in [-0.1, -0.05) is 11.6 Å². The number of rotatable bonds is 1. The third-order valence-corrected chi connectivity index (χ3v) is 3.15. The zero-order chi connectivity index (χ0) is 11.7. The second-order valence-corrected chi connectivity index (χ2v) is 5.03. The van der Waals surface area contributed by atoms with E-state index in [1.165, 1.54) is 11.3 Å². The minimum Gasteiger partial charge on any atom is -0.372 e. The molecular formula is C13H18ClNO. The molecule has 1 aliphatic heterocycles. The lowest BCUT2D eigenvalue weighted by Crippen LogP contribution is -2.45. The second-order valence-electron chi connectivity index (χ2n) is 4.59. The highest BCUT2D eigenvalue weighted by atomic mass is 35.5. The van der Waals surface area contributed by atoms with Crippen molar-refractivity contribution in [3.8, 4) is 0 Å². The molecule has 0 N–H and O–H groups in total. The fourth-order valence-corrected chi connectivity index (χ4v) is 2.57. The number of nitrogens with zero attached hydrogens (tertiary/aromatic N) is 1. The Bertz CT molecular complexity index is 370. The summed E-state index contributed by atoms with van der Waals surface area (Å²) in [4.78, 5) is 2.38. The molecule has 1 aliphatic rings. The van der Waals surface area contributed by atoms with Crippen LogP contribution in [-0.4, -0.2) is 25.3 Å². The average molecular weight is 240 g/mol. The summed E-state index contributed by atoms with van der Waals surface area (Å²) in [6.45, 7) is 8.24. The summed E-state index contributed by atoms with van der Waals surface area (Å²) in [5, 5.41) is 0.801. The predicted molar refractivity (Wildman–Crippen MR) is 68.4 cm³/mol. The van der Waals surface area contributed by atoms with Gasteiger partial charge in [0.1, 0.15) is 0 Å². The lowest BCUT2D eigenvalue weighted by Gasteiger charge is -2.37. The van der Waals surface area contributed by atoms with Crippen LogP contribution >= 0.6 is 11.6 Å². The Morgan fingerprint density at radius 2 is 1.88 bits per heavy atom. The van der Waals surface area contributed by atoms with Crippen molar-refractivity contribution in [1.29, 1.82) is 0 Å². The molecule has 16 heavy (non-hydrogen) atoms. The van der Waals surface area contributed by atoms with Crippen molar-refractivity contribution in [2.75, 3.05) is 18.0 Å². The van der Waals surface area contributed by atoms with Crippen molar-refractivity contribution in [3.63, 3.8) is 0 Å². The third kappa shape index (κ3) is 2.50. The Morgan fingerprint density at radius 3 is 2.44 bits per heavy atom. The maximum atomic E-state index is 5.97. The van der Waals surface area contributed by atoms with Crippen LogP contribution in [0.3, 0.4) is 0 Å². The molecule has 0 bridgehead atoms. The fraction of sp³-hybridized carbons (Fsp3) is 0.538. The van der Waals surface area contributed by atoms with E-state index in [9.17, 15) is 0 Å². The van der Waals surface area contributed by atoms with Crippen LogP contribution in [0.1, 0.15) is 19.4 Å². The Labute approximate surface area is 102 Å². The van der Waals surface area contributed by atoms with Crippen LogP contribution in [-0.2, 0) is 4.74 Å². The van der Waals surface area contributed by atoms with Gasteiger partial charge in [-0.3, -0.25) is 0 Å². The summed E-state index contributed by atoms with van der Waals surface area (Å²) in [5.41, 5.74) is 2.50. The molecule has 0 radical (unpaired) electrons. The summed E-state index contributed by atoms with van der Waals surface area (Å²) in [6, 6.07) is 6.07. The van der Waals surface area contributed by atoms with Gasteiger partial charge in [-0.25, -0.2) is 0 Å². The van der Waals surface area contributed by atoms with Crippen LogP contribution in [0.25, 0.3) is 0 Å². The summed E-state index contributed by atoms with van der Waals surface area (Å²) in [7, 11) is 0. The molecule has 2 nitrogen and oxygen atoms in total. The van der Waals surface area contributed by atoms with Crippen LogP contribution < -0.4 is 4.90 Å². The first kappa shape index (κ1) is 11.7.